The Kier molecular flexibility index (Phi) is 5.91. The molecule has 0 bridgehead atoms. The highest BCUT2D eigenvalue weighted by atomic mass is 16.6. The third-order valence-corrected chi connectivity index (χ3v) is 4.46. The van der Waals surface area contributed by atoms with E-state index in [9.17, 15) is 9.59 Å². The van der Waals surface area contributed by atoms with Crippen LogP contribution in [-0.4, -0.2) is 52.6 Å². The maximum absolute atomic E-state index is 12.9. The molecule has 140 valence electrons. The average Bonchev–Trinajstić information content (AvgIpc) is 2.59. The minimum atomic E-state index is -0.548. The summed E-state index contributed by atoms with van der Waals surface area (Å²) in [6.45, 7) is 10.4. The van der Waals surface area contributed by atoms with E-state index in [-0.39, 0.29) is 24.1 Å². The van der Waals surface area contributed by atoms with Crippen molar-refractivity contribution < 1.29 is 14.3 Å². The normalized spacial score (nSPS) is 20.5. The van der Waals surface area contributed by atoms with Crippen molar-refractivity contribution in [3.63, 3.8) is 0 Å². The van der Waals surface area contributed by atoms with Gasteiger partial charge in [0.25, 0.3) is 5.91 Å². The van der Waals surface area contributed by atoms with Gasteiger partial charge in [-0.25, -0.2) is 4.79 Å². The van der Waals surface area contributed by atoms with E-state index in [2.05, 4.69) is 6.07 Å². The molecule has 1 aliphatic heterocycles. The molecular formula is C20H27N3O3. The van der Waals surface area contributed by atoms with E-state index in [1.165, 1.54) is 0 Å². The number of rotatable bonds is 2. The lowest BCUT2D eigenvalue weighted by molar-refractivity contribution is -0.0105. The van der Waals surface area contributed by atoms with Crippen molar-refractivity contribution in [1.82, 2.24) is 9.80 Å². The number of amides is 2. The van der Waals surface area contributed by atoms with Crippen LogP contribution in [0, 0.1) is 11.3 Å². The fourth-order valence-corrected chi connectivity index (χ4v) is 3.06. The zero-order chi connectivity index (χ0) is 19.5. The van der Waals surface area contributed by atoms with Crippen LogP contribution in [0.5, 0.6) is 0 Å². The molecule has 0 radical (unpaired) electrons. The van der Waals surface area contributed by atoms with Crippen molar-refractivity contribution in [2.75, 3.05) is 13.1 Å². The fourth-order valence-electron chi connectivity index (χ4n) is 3.06. The SMILES string of the molecule is CC[C@@H]1CN(C(=O)OC(C)(C)C)[C@@H](C)CN1C(=O)c1ccc(C#N)cc1. The highest BCUT2D eigenvalue weighted by Gasteiger charge is 2.37. The van der Waals surface area contributed by atoms with Crippen molar-refractivity contribution in [2.45, 2.75) is 58.7 Å². The topological polar surface area (TPSA) is 73.6 Å². The zero-order valence-corrected chi connectivity index (χ0v) is 16.2. The van der Waals surface area contributed by atoms with Gasteiger partial charge in [-0.2, -0.15) is 5.26 Å². The maximum atomic E-state index is 12.9. The van der Waals surface area contributed by atoms with Crippen LogP contribution in [0.15, 0.2) is 24.3 Å². The van der Waals surface area contributed by atoms with Gasteiger partial charge < -0.3 is 14.5 Å². The first kappa shape index (κ1) is 19.8. The highest BCUT2D eigenvalue weighted by Crippen LogP contribution is 2.22. The third kappa shape index (κ3) is 4.54. The standard InChI is InChI=1S/C20H27N3O3/c1-6-17-13-22(19(25)26-20(3,4)5)14(2)12-23(17)18(24)16-9-7-15(11-21)8-10-16/h7-10,14,17H,6,12-13H2,1-5H3/t14-,17+/m0/s1. The van der Waals surface area contributed by atoms with Gasteiger partial charge in [-0.3, -0.25) is 4.79 Å². The molecule has 1 fully saturated rings. The van der Waals surface area contributed by atoms with Gasteiger partial charge in [0, 0.05) is 30.7 Å². The summed E-state index contributed by atoms with van der Waals surface area (Å²) in [6, 6.07) is 8.51. The lowest BCUT2D eigenvalue weighted by Gasteiger charge is -2.45. The highest BCUT2D eigenvalue weighted by molar-refractivity contribution is 5.94. The smallest absolute Gasteiger partial charge is 0.410 e. The molecule has 6 nitrogen and oxygen atoms in total. The molecule has 1 heterocycles. The predicted molar refractivity (Wildman–Crippen MR) is 98.7 cm³/mol. The van der Waals surface area contributed by atoms with Crippen LogP contribution < -0.4 is 0 Å². The van der Waals surface area contributed by atoms with Crippen LogP contribution in [0.1, 0.15) is 57.0 Å². The number of nitriles is 1. The molecule has 0 N–H and O–H groups in total. The first-order valence-corrected chi connectivity index (χ1v) is 8.97. The molecule has 0 spiro atoms. The second-order valence-electron chi connectivity index (χ2n) is 7.69. The van der Waals surface area contributed by atoms with Crippen molar-refractivity contribution in [1.29, 1.82) is 5.26 Å². The Balaban J connectivity index is 2.15. The summed E-state index contributed by atoms with van der Waals surface area (Å²) in [7, 11) is 0. The van der Waals surface area contributed by atoms with Crippen LogP contribution in [0.4, 0.5) is 4.79 Å². The maximum Gasteiger partial charge on any atom is 0.410 e. The monoisotopic (exact) mass is 357 g/mol. The Morgan fingerprint density at radius 3 is 2.31 bits per heavy atom. The number of carbonyl (C=O) groups is 2. The number of nitrogens with zero attached hydrogens (tertiary/aromatic N) is 3. The van der Waals surface area contributed by atoms with E-state index >= 15 is 0 Å². The second-order valence-corrected chi connectivity index (χ2v) is 7.69. The summed E-state index contributed by atoms with van der Waals surface area (Å²) in [5, 5.41) is 8.90. The first-order chi connectivity index (χ1) is 12.2. The van der Waals surface area contributed by atoms with Crippen LogP contribution in [0.2, 0.25) is 0 Å². The van der Waals surface area contributed by atoms with Crippen LogP contribution in [0.25, 0.3) is 0 Å². The van der Waals surface area contributed by atoms with E-state index in [1.807, 2.05) is 39.5 Å². The molecule has 0 saturated carbocycles. The minimum absolute atomic E-state index is 0.0677. The number of benzene rings is 1. The number of hydrogen-bond acceptors (Lipinski definition) is 4. The van der Waals surface area contributed by atoms with Crippen molar-refractivity contribution in [3.05, 3.63) is 35.4 Å². The Hall–Kier alpha value is -2.55. The van der Waals surface area contributed by atoms with Gasteiger partial charge in [0.15, 0.2) is 0 Å². The van der Waals surface area contributed by atoms with Gasteiger partial charge in [-0.05, 0) is 58.4 Å². The van der Waals surface area contributed by atoms with E-state index in [0.717, 1.165) is 6.42 Å². The molecule has 1 aromatic carbocycles. The Morgan fingerprint density at radius 1 is 1.19 bits per heavy atom. The molecule has 1 aliphatic rings. The molecule has 1 saturated heterocycles. The van der Waals surface area contributed by atoms with E-state index in [1.54, 1.807) is 29.2 Å². The first-order valence-electron chi connectivity index (χ1n) is 8.97. The molecule has 0 aromatic heterocycles. The van der Waals surface area contributed by atoms with Gasteiger partial charge >= 0.3 is 6.09 Å². The number of hydrogen-bond donors (Lipinski definition) is 0. The fraction of sp³-hybridized carbons (Fsp3) is 0.550. The molecule has 2 amide bonds. The average molecular weight is 357 g/mol. The molecule has 6 heteroatoms. The number of piperazine rings is 1. The van der Waals surface area contributed by atoms with Crippen LogP contribution >= 0.6 is 0 Å². The lowest BCUT2D eigenvalue weighted by Crippen LogP contribution is -2.60. The van der Waals surface area contributed by atoms with Crippen molar-refractivity contribution in [3.8, 4) is 6.07 Å². The Bertz CT molecular complexity index is 700. The molecule has 26 heavy (non-hydrogen) atoms. The third-order valence-electron chi connectivity index (χ3n) is 4.46. The largest absolute Gasteiger partial charge is 0.444 e. The van der Waals surface area contributed by atoms with Crippen LogP contribution in [0.3, 0.4) is 0 Å². The minimum Gasteiger partial charge on any atom is -0.444 e. The molecule has 0 aliphatic carbocycles. The van der Waals surface area contributed by atoms with Gasteiger partial charge in [-0.15, -0.1) is 0 Å². The molecule has 2 atom stereocenters. The van der Waals surface area contributed by atoms with Gasteiger partial charge in [-0.1, -0.05) is 6.92 Å². The van der Waals surface area contributed by atoms with E-state index in [4.69, 9.17) is 10.00 Å². The van der Waals surface area contributed by atoms with Gasteiger partial charge in [0.2, 0.25) is 0 Å². The Morgan fingerprint density at radius 2 is 1.81 bits per heavy atom. The summed E-state index contributed by atoms with van der Waals surface area (Å²) in [5.74, 6) is -0.0722. The summed E-state index contributed by atoms with van der Waals surface area (Å²) in [6.07, 6.45) is 0.405. The lowest BCUT2D eigenvalue weighted by atomic mass is 10.0. The number of carbonyl (C=O) groups excluding carboxylic acids is 2. The summed E-state index contributed by atoms with van der Waals surface area (Å²) < 4.78 is 5.50. The molecule has 2 rings (SSSR count). The van der Waals surface area contributed by atoms with Gasteiger partial charge in [0.05, 0.1) is 11.6 Å². The van der Waals surface area contributed by atoms with Crippen LogP contribution in [-0.2, 0) is 4.74 Å². The number of ether oxygens (including phenoxy) is 1. The summed E-state index contributed by atoms with van der Waals surface area (Å²) >= 11 is 0. The van der Waals surface area contributed by atoms with Crippen molar-refractivity contribution in [2.24, 2.45) is 0 Å². The Labute approximate surface area is 155 Å². The zero-order valence-electron chi connectivity index (χ0n) is 16.2. The quantitative estimate of drug-likeness (QED) is 0.813. The van der Waals surface area contributed by atoms with Gasteiger partial charge in [0.1, 0.15) is 5.60 Å². The van der Waals surface area contributed by atoms with E-state index in [0.29, 0.717) is 24.2 Å². The molecule has 1 aromatic rings. The summed E-state index contributed by atoms with van der Waals surface area (Å²) in [5.41, 5.74) is 0.533. The van der Waals surface area contributed by atoms with E-state index < -0.39 is 5.60 Å². The van der Waals surface area contributed by atoms with Crippen molar-refractivity contribution >= 4 is 12.0 Å². The predicted octanol–water partition coefficient (Wildman–Crippen LogP) is 3.42. The second kappa shape index (κ2) is 7.77. The molecular weight excluding hydrogens is 330 g/mol. The molecule has 0 unspecified atom stereocenters. The summed E-state index contributed by atoms with van der Waals surface area (Å²) in [4.78, 5) is 28.9.